The van der Waals surface area contributed by atoms with Crippen LogP contribution < -0.4 is 10.2 Å². The minimum Gasteiger partial charge on any atom is -0.507 e. The number of hydrogen-bond donors (Lipinski definition) is 2. The van der Waals surface area contributed by atoms with Gasteiger partial charge in [0.25, 0.3) is 0 Å². The van der Waals surface area contributed by atoms with Crippen molar-refractivity contribution in [1.29, 1.82) is 0 Å². The SMILES string of the molecule is Cn1cc(-c2cc(O)c(-c3cnc(N(C4CC4)[C@@H]4C[C@H]5CC[C@H](N5)[C@@H]4F)cn3)cc2F)cn1. The number of nitrogens with zero attached hydrogens (tertiary/aromatic N) is 5. The Labute approximate surface area is 190 Å². The molecule has 172 valence electrons. The Bertz CT molecular complexity index is 1180. The van der Waals surface area contributed by atoms with Gasteiger partial charge in [-0.25, -0.2) is 13.8 Å². The van der Waals surface area contributed by atoms with Gasteiger partial charge >= 0.3 is 0 Å². The Morgan fingerprint density at radius 2 is 1.94 bits per heavy atom. The molecule has 1 aromatic carbocycles. The summed E-state index contributed by atoms with van der Waals surface area (Å²) < 4.78 is 31.7. The highest BCUT2D eigenvalue weighted by molar-refractivity contribution is 5.74. The molecule has 0 spiro atoms. The van der Waals surface area contributed by atoms with Crippen LogP contribution in [0.15, 0.2) is 36.9 Å². The topological polar surface area (TPSA) is 79.1 Å². The minimum absolute atomic E-state index is 0.0829. The van der Waals surface area contributed by atoms with E-state index < -0.39 is 12.0 Å². The minimum atomic E-state index is -0.941. The van der Waals surface area contributed by atoms with Crippen molar-refractivity contribution in [2.24, 2.45) is 7.05 Å². The number of aromatic hydroxyl groups is 1. The van der Waals surface area contributed by atoms with Gasteiger partial charge in [-0.15, -0.1) is 0 Å². The monoisotopic (exact) mass is 452 g/mol. The van der Waals surface area contributed by atoms with Crippen LogP contribution in [-0.2, 0) is 7.05 Å². The van der Waals surface area contributed by atoms with E-state index >= 15 is 4.39 Å². The number of rotatable bonds is 5. The number of phenolic OH excluding ortho intramolecular Hbond substituents is 1. The molecule has 3 fully saturated rings. The van der Waals surface area contributed by atoms with E-state index in [1.807, 2.05) is 0 Å². The van der Waals surface area contributed by atoms with Gasteiger partial charge in [-0.3, -0.25) is 9.67 Å². The third-order valence-corrected chi connectivity index (χ3v) is 7.13. The number of anilines is 1. The molecular formula is C24H26F2N6O. The van der Waals surface area contributed by atoms with Crippen molar-refractivity contribution in [3.05, 3.63) is 42.7 Å². The molecule has 2 N–H and O–H groups in total. The van der Waals surface area contributed by atoms with Crippen molar-refractivity contribution in [2.45, 2.75) is 62.4 Å². The fraction of sp³-hybridized carbons (Fsp3) is 0.458. The second-order valence-corrected chi connectivity index (χ2v) is 9.45. The van der Waals surface area contributed by atoms with Gasteiger partial charge in [-0.1, -0.05) is 0 Å². The van der Waals surface area contributed by atoms with E-state index in [4.69, 9.17) is 0 Å². The lowest BCUT2D eigenvalue weighted by atomic mass is 9.96. The van der Waals surface area contributed by atoms with Gasteiger partial charge in [0.1, 0.15) is 23.6 Å². The first-order valence-corrected chi connectivity index (χ1v) is 11.5. The third kappa shape index (κ3) is 3.64. The molecule has 33 heavy (non-hydrogen) atoms. The molecule has 1 aliphatic carbocycles. The molecule has 6 rings (SSSR count). The molecule has 1 saturated carbocycles. The van der Waals surface area contributed by atoms with Crippen LogP contribution in [0.4, 0.5) is 14.6 Å². The predicted octanol–water partition coefficient (Wildman–Crippen LogP) is 3.59. The van der Waals surface area contributed by atoms with Gasteiger partial charge in [0, 0.05) is 48.1 Å². The molecular weight excluding hydrogens is 426 g/mol. The number of nitrogens with one attached hydrogen (secondary N) is 1. The lowest BCUT2D eigenvalue weighted by Gasteiger charge is -2.41. The number of phenols is 1. The molecule has 2 aliphatic heterocycles. The Hall–Kier alpha value is -3.07. The summed E-state index contributed by atoms with van der Waals surface area (Å²) in [6, 6.07) is 3.00. The highest BCUT2D eigenvalue weighted by atomic mass is 19.1. The molecule has 4 heterocycles. The summed E-state index contributed by atoms with van der Waals surface area (Å²) in [5.41, 5.74) is 1.48. The molecule has 9 heteroatoms. The summed E-state index contributed by atoms with van der Waals surface area (Å²) in [6.45, 7) is 0. The number of benzene rings is 1. The van der Waals surface area contributed by atoms with E-state index in [2.05, 4.69) is 25.3 Å². The van der Waals surface area contributed by atoms with Crippen LogP contribution in [0.5, 0.6) is 5.75 Å². The second-order valence-electron chi connectivity index (χ2n) is 9.45. The number of fused-ring (bicyclic) bond motifs is 2. The number of halogens is 2. The van der Waals surface area contributed by atoms with Gasteiger partial charge in [-0.05, 0) is 44.2 Å². The van der Waals surface area contributed by atoms with Gasteiger partial charge in [0.15, 0.2) is 0 Å². The molecule has 3 aliphatic rings. The summed E-state index contributed by atoms with van der Waals surface area (Å²) in [5, 5.41) is 18.0. The number of alkyl halides is 1. The molecule has 2 aromatic heterocycles. The number of aryl methyl sites for hydroxylation is 1. The average molecular weight is 453 g/mol. The van der Waals surface area contributed by atoms with Crippen molar-refractivity contribution in [1.82, 2.24) is 25.1 Å². The first kappa shape index (κ1) is 20.5. The molecule has 2 saturated heterocycles. The molecule has 2 bridgehead atoms. The molecule has 3 aromatic rings. The highest BCUT2D eigenvalue weighted by Gasteiger charge is 2.48. The molecule has 0 amide bonds. The van der Waals surface area contributed by atoms with E-state index in [1.54, 1.807) is 30.3 Å². The maximum Gasteiger partial charge on any atom is 0.147 e. The van der Waals surface area contributed by atoms with E-state index in [-0.39, 0.29) is 35.0 Å². The fourth-order valence-corrected chi connectivity index (χ4v) is 5.37. The van der Waals surface area contributed by atoms with Crippen LogP contribution in [0.2, 0.25) is 0 Å². The Kier molecular flexibility index (Phi) is 4.83. The third-order valence-electron chi connectivity index (χ3n) is 7.13. The smallest absolute Gasteiger partial charge is 0.147 e. The lowest BCUT2D eigenvalue weighted by Crippen LogP contribution is -2.57. The molecule has 7 nitrogen and oxygen atoms in total. The predicted molar refractivity (Wildman–Crippen MR) is 120 cm³/mol. The number of piperidine rings is 1. The molecule has 0 unspecified atom stereocenters. The van der Waals surface area contributed by atoms with E-state index in [9.17, 15) is 9.50 Å². The van der Waals surface area contributed by atoms with Gasteiger partial charge < -0.3 is 15.3 Å². The molecule has 4 atom stereocenters. The van der Waals surface area contributed by atoms with Crippen molar-refractivity contribution >= 4 is 5.82 Å². The summed E-state index contributed by atoms with van der Waals surface area (Å²) >= 11 is 0. The number of hydrogen-bond acceptors (Lipinski definition) is 6. The van der Waals surface area contributed by atoms with Gasteiger partial charge in [-0.2, -0.15) is 5.10 Å². The zero-order valence-electron chi connectivity index (χ0n) is 18.3. The number of aromatic nitrogens is 4. The maximum atomic E-state index is 15.3. The van der Waals surface area contributed by atoms with Crippen molar-refractivity contribution in [3.63, 3.8) is 0 Å². The quantitative estimate of drug-likeness (QED) is 0.616. The Morgan fingerprint density at radius 3 is 2.64 bits per heavy atom. The average Bonchev–Trinajstić information content (AvgIpc) is 3.41. The van der Waals surface area contributed by atoms with Crippen molar-refractivity contribution < 1.29 is 13.9 Å². The maximum absolute atomic E-state index is 15.3. The van der Waals surface area contributed by atoms with Crippen LogP contribution >= 0.6 is 0 Å². The largest absolute Gasteiger partial charge is 0.507 e. The lowest BCUT2D eigenvalue weighted by molar-refractivity contribution is 0.171. The Balaban J connectivity index is 1.29. The summed E-state index contributed by atoms with van der Waals surface area (Å²) in [7, 11) is 1.75. The normalized spacial score (nSPS) is 26.5. The second kappa shape index (κ2) is 7.76. The van der Waals surface area contributed by atoms with Gasteiger partial charge in [0.05, 0.1) is 30.3 Å². The van der Waals surface area contributed by atoms with Crippen LogP contribution in [0.1, 0.15) is 32.1 Å². The van der Waals surface area contributed by atoms with Gasteiger partial charge in [0.2, 0.25) is 0 Å². The summed E-state index contributed by atoms with van der Waals surface area (Å²) in [6.07, 6.45) is 10.2. The zero-order chi connectivity index (χ0) is 22.7. The highest BCUT2D eigenvalue weighted by Crippen LogP contribution is 2.40. The van der Waals surface area contributed by atoms with E-state index in [0.29, 0.717) is 23.1 Å². The summed E-state index contributed by atoms with van der Waals surface area (Å²) in [4.78, 5) is 11.2. The van der Waals surface area contributed by atoms with E-state index in [1.165, 1.54) is 18.3 Å². The van der Waals surface area contributed by atoms with Crippen LogP contribution in [0.3, 0.4) is 0 Å². The summed E-state index contributed by atoms with van der Waals surface area (Å²) in [5.74, 6) is 0.0731. The van der Waals surface area contributed by atoms with Crippen LogP contribution in [0, 0.1) is 5.82 Å². The van der Waals surface area contributed by atoms with Crippen molar-refractivity contribution in [2.75, 3.05) is 4.90 Å². The van der Waals surface area contributed by atoms with E-state index in [0.717, 1.165) is 32.1 Å². The Morgan fingerprint density at radius 1 is 1.09 bits per heavy atom. The zero-order valence-corrected chi connectivity index (χ0v) is 18.3. The van der Waals surface area contributed by atoms with Crippen molar-refractivity contribution in [3.8, 4) is 28.1 Å². The van der Waals surface area contributed by atoms with Crippen LogP contribution in [-0.4, -0.2) is 55.2 Å². The standard InChI is InChI=1S/C24H26F2N6O/c1-31-12-13(9-29-31)16-8-22(33)17(7-18(16)25)20-10-28-23(11-27-20)32(15-3-4-15)21-6-14-2-5-19(30-14)24(21)26/h7-12,14-15,19,21,24,30,33H,2-6H2,1H3/t14-,19+,21-,24+/m1/s1. The van der Waals surface area contributed by atoms with Crippen LogP contribution in [0.25, 0.3) is 22.4 Å². The fourth-order valence-electron chi connectivity index (χ4n) is 5.37. The molecule has 0 radical (unpaired) electrons. The first-order valence-electron chi connectivity index (χ1n) is 11.5. The first-order chi connectivity index (χ1) is 16.0.